The minimum Gasteiger partial charge on any atom is -0.349 e. The molecule has 0 aliphatic heterocycles. The van der Waals surface area contributed by atoms with E-state index in [1.807, 2.05) is 30.6 Å². The van der Waals surface area contributed by atoms with Crippen molar-refractivity contribution in [3.05, 3.63) is 38.0 Å². The first kappa shape index (κ1) is 20.1. The van der Waals surface area contributed by atoms with Crippen LogP contribution in [-0.4, -0.2) is 28.4 Å². The zero-order valence-electron chi connectivity index (χ0n) is 15.8. The van der Waals surface area contributed by atoms with Gasteiger partial charge in [0.25, 0.3) is 5.91 Å². The highest BCUT2D eigenvalue weighted by atomic mass is 32.1. The molecule has 2 aromatic heterocycles. The minimum absolute atomic E-state index is 0.0832. The number of carbonyl (C=O) groups excluding carboxylic acids is 1. The van der Waals surface area contributed by atoms with Crippen LogP contribution in [0, 0.1) is 12.8 Å². The van der Waals surface area contributed by atoms with E-state index in [1.54, 1.807) is 11.3 Å². The van der Waals surface area contributed by atoms with E-state index in [-0.39, 0.29) is 11.9 Å². The van der Waals surface area contributed by atoms with Crippen molar-refractivity contribution < 1.29 is 4.79 Å². The second-order valence-corrected chi connectivity index (χ2v) is 9.48. The maximum atomic E-state index is 12.1. The van der Waals surface area contributed by atoms with Gasteiger partial charge < -0.3 is 5.32 Å². The summed E-state index contributed by atoms with van der Waals surface area (Å²) in [5.74, 6) is 0.594. The van der Waals surface area contributed by atoms with E-state index in [4.69, 9.17) is 0 Å². The number of aromatic nitrogens is 1. The van der Waals surface area contributed by atoms with Crippen LogP contribution in [0.4, 0.5) is 0 Å². The summed E-state index contributed by atoms with van der Waals surface area (Å²) in [6, 6.07) is 4.52. The van der Waals surface area contributed by atoms with E-state index in [1.165, 1.54) is 9.75 Å². The van der Waals surface area contributed by atoms with Crippen LogP contribution in [0.25, 0.3) is 0 Å². The van der Waals surface area contributed by atoms with Gasteiger partial charge in [-0.1, -0.05) is 13.8 Å². The molecular formula is C19H29N3OS2. The Kier molecular flexibility index (Phi) is 7.59. The second kappa shape index (κ2) is 9.46. The molecule has 0 bridgehead atoms. The zero-order valence-corrected chi connectivity index (χ0v) is 17.5. The van der Waals surface area contributed by atoms with Gasteiger partial charge in [0.1, 0.15) is 10.7 Å². The van der Waals surface area contributed by atoms with E-state index in [0.29, 0.717) is 11.6 Å². The van der Waals surface area contributed by atoms with Crippen molar-refractivity contribution in [3.63, 3.8) is 0 Å². The van der Waals surface area contributed by atoms with Gasteiger partial charge in [-0.25, -0.2) is 4.98 Å². The number of hydrogen-bond acceptors (Lipinski definition) is 5. The lowest BCUT2D eigenvalue weighted by molar-refractivity contribution is 0.0938. The fraction of sp³-hybridized carbons (Fsp3) is 0.579. The number of hydrogen-bond donors (Lipinski definition) is 1. The molecule has 0 unspecified atom stereocenters. The van der Waals surface area contributed by atoms with Crippen LogP contribution >= 0.6 is 22.7 Å². The molecule has 0 atom stereocenters. The summed E-state index contributed by atoms with van der Waals surface area (Å²) in [6.45, 7) is 13.4. The quantitative estimate of drug-likeness (QED) is 0.687. The topological polar surface area (TPSA) is 45.2 Å². The Hall–Kier alpha value is -1.24. The third-order valence-corrected chi connectivity index (χ3v) is 5.58. The first-order valence-electron chi connectivity index (χ1n) is 8.86. The van der Waals surface area contributed by atoms with Gasteiger partial charge in [-0.3, -0.25) is 9.69 Å². The third-order valence-electron chi connectivity index (χ3n) is 3.76. The van der Waals surface area contributed by atoms with Crippen molar-refractivity contribution in [1.29, 1.82) is 0 Å². The number of carbonyl (C=O) groups is 1. The molecule has 1 N–H and O–H groups in total. The fourth-order valence-corrected chi connectivity index (χ4v) is 4.21. The number of nitrogens with one attached hydrogen (secondary N) is 1. The van der Waals surface area contributed by atoms with E-state index in [9.17, 15) is 4.79 Å². The van der Waals surface area contributed by atoms with Gasteiger partial charge in [0.05, 0.1) is 6.54 Å². The number of aryl methyl sites for hydroxylation is 1. The Balaban J connectivity index is 2.02. The van der Waals surface area contributed by atoms with Crippen molar-refractivity contribution in [2.75, 3.05) is 6.54 Å². The van der Waals surface area contributed by atoms with Crippen LogP contribution in [-0.2, 0) is 13.1 Å². The number of thiophene rings is 1. The molecule has 0 aliphatic rings. The van der Waals surface area contributed by atoms with E-state index < -0.39 is 0 Å². The highest BCUT2D eigenvalue weighted by molar-refractivity contribution is 7.11. The first-order valence-corrected chi connectivity index (χ1v) is 10.6. The monoisotopic (exact) mass is 379 g/mol. The summed E-state index contributed by atoms with van der Waals surface area (Å²) in [5.41, 5.74) is 0.532. The molecule has 0 fully saturated rings. The standard InChI is InChI=1S/C19H29N3OS2/c1-13(2)8-9-22(10-16-7-6-15(5)25-16)11-18-21-17(12-24-18)19(23)20-14(3)4/h6-7,12-14H,8-11H2,1-5H3,(H,20,23). The van der Waals surface area contributed by atoms with Crippen LogP contribution in [0.3, 0.4) is 0 Å². The molecule has 138 valence electrons. The Morgan fingerprint density at radius 1 is 1.24 bits per heavy atom. The molecule has 2 heterocycles. The number of rotatable bonds is 9. The van der Waals surface area contributed by atoms with Crippen LogP contribution < -0.4 is 5.32 Å². The third kappa shape index (κ3) is 6.88. The SMILES string of the molecule is Cc1ccc(CN(CCC(C)C)Cc2nc(C(=O)NC(C)C)cs2)s1. The predicted molar refractivity (Wildman–Crippen MR) is 107 cm³/mol. The lowest BCUT2D eigenvalue weighted by Gasteiger charge is -2.21. The number of nitrogens with zero attached hydrogens (tertiary/aromatic N) is 2. The zero-order chi connectivity index (χ0) is 18.4. The van der Waals surface area contributed by atoms with Gasteiger partial charge in [-0.05, 0) is 51.8 Å². The maximum Gasteiger partial charge on any atom is 0.270 e. The van der Waals surface area contributed by atoms with Crippen molar-refractivity contribution >= 4 is 28.6 Å². The summed E-state index contributed by atoms with van der Waals surface area (Å²) < 4.78 is 0. The molecule has 25 heavy (non-hydrogen) atoms. The normalized spacial score (nSPS) is 11.7. The molecule has 0 spiro atoms. The molecule has 1 amide bonds. The molecule has 2 rings (SSSR count). The highest BCUT2D eigenvalue weighted by Gasteiger charge is 2.15. The summed E-state index contributed by atoms with van der Waals surface area (Å²) >= 11 is 3.43. The van der Waals surface area contributed by atoms with Gasteiger partial charge in [0.15, 0.2) is 0 Å². The average molecular weight is 380 g/mol. The molecule has 2 aromatic rings. The molecule has 6 heteroatoms. The van der Waals surface area contributed by atoms with E-state index >= 15 is 0 Å². The lowest BCUT2D eigenvalue weighted by Crippen LogP contribution is -2.30. The van der Waals surface area contributed by atoms with Crippen LogP contribution in [0.5, 0.6) is 0 Å². The summed E-state index contributed by atoms with van der Waals surface area (Å²) in [4.78, 5) is 21.8. The Bertz CT molecular complexity index is 676. The summed E-state index contributed by atoms with van der Waals surface area (Å²) in [5, 5.41) is 5.77. The van der Waals surface area contributed by atoms with Crippen molar-refractivity contribution in [3.8, 4) is 0 Å². The van der Waals surface area contributed by atoms with Gasteiger partial charge in [-0.15, -0.1) is 22.7 Å². The fourth-order valence-electron chi connectivity index (χ4n) is 2.46. The highest BCUT2D eigenvalue weighted by Crippen LogP contribution is 2.20. The molecule has 0 saturated heterocycles. The summed E-state index contributed by atoms with van der Waals surface area (Å²) in [6.07, 6.45) is 1.16. The minimum atomic E-state index is -0.0832. The average Bonchev–Trinajstić information content (AvgIpc) is 3.13. The molecular weight excluding hydrogens is 350 g/mol. The van der Waals surface area contributed by atoms with Gasteiger partial charge in [0, 0.05) is 27.7 Å². The smallest absolute Gasteiger partial charge is 0.270 e. The number of thiazole rings is 1. The van der Waals surface area contributed by atoms with Crippen LogP contribution in [0.15, 0.2) is 17.5 Å². The Morgan fingerprint density at radius 2 is 2.00 bits per heavy atom. The molecule has 0 radical (unpaired) electrons. The molecule has 4 nitrogen and oxygen atoms in total. The van der Waals surface area contributed by atoms with Crippen molar-refractivity contribution in [2.45, 2.75) is 60.2 Å². The van der Waals surface area contributed by atoms with Gasteiger partial charge in [-0.2, -0.15) is 0 Å². The molecule has 0 aliphatic carbocycles. The maximum absolute atomic E-state index is 12.1. The van der Waals surface area contributed by atoms with Gasteiger partial charge in [0.2, 0.25) is 0 Å². The molecule has 0 saturated carbocycles. The number of amides is 1. The van der Waals surface area contributed by atoms with E-state index in [2.05, 4.69) is 48.1 Å². The van der Waals surface area contributed by atoms with Crippen molar-refractivity contribution in [2.24, 2.45) is 5.92 Å². The van der Waals surface area contributed by atoms with Crippen molar-refractivity contribution in [1.82, 2.24) is 15.2 Å². The largest absolute Gasteiger partial charge is 0.349 e. The summed E-state index contributed by atoms with van der Waals surface area (Å²) in [7, 11) is 0. The van der Waals surface area contributed by atoms with Crippen LogP contribution in [0.2, 0.25) is 0 Å². The first-order chi connectivity index (χ1) is 11.8. The van der Waals surface area contributed by atoms with Gasteiger partial charge >= 0.3 is 0 Å². The van der Waals surface area contributed by atoms with Crippen LogP contribution in [0.1, 0.15) is 59.4 Å². The lowest BCUT2D eigenvalue weighted by atomic mass is 10.1. The van der Waals surface area contributed by atoms with E-state index in [0.717, 1.165) is 31.1 Å². The molecule has 0 aromatic carbocycles. The second-order valence-electron chi connectivity index (χ2n) is 7.16. The Labute approximate surface area is 159 Å². The predicted octanol–water partition coefficient (Wildman–Crippen LogP) is 4.70. The Morgan fingerprint density at radius 3 is 2.60 bits per heavy atom.